The number of para-hydroxylation sites is 1. The first-order valence-electron chi connectivity index (χ1n) is 9.52. The molecule has 2 nitrogen and oxygen atoms in total. The Bertz CT molecular complexity index is 781. The van der Waals surface area contributed by atoms with Crippen LogP contribution in [0.5, 0.6) is 0 Å². The summed E-state index contributed by atoms with van der Waals surface area (Å²) in [6.07, 6.45) is 0. The molecule has 0 unspecified atom stereocenters. The number of hydrogen-bond donors (Lipinski definition) is 2. The summed E-state index contributed by atoms with van der Waals surface area (Å²) < 4.78 is 0. The molecule has 26 heavy (non-hydrogen) atoms. The third-order valence-electron chi connectivity index (χ3n) is 4.86. The zero-order valence-corrected chi connectivity index (χ0v) is 18.0. The minimum Gasteiger partial charge on any atom is -0.397 e. The second-order valence-corrected chi connectivity index (χ2v) is 10.4. The van der Waals surface area contributed by atoms with Crippen molar-refractivity contribution < 1.29 is 0 Å². The van der Waals surface area contributed by atoms with E-state index < -0.39 is 0 Å². The second kappa shape index (κ2) is 6.64. The van der Waals surface area contributed by atoms with Gasteiger partial charge in [-0.3, -0.25) is 0 Å². The van der Waals surface area contributed by atoms with Crippen LogP contribution in [0.2, 0.25) is 0 Å². The van der Waals surface area contributed by atoms with E-state index in [4.69, 9.17) is 5.73 Å². The zero-order chi connectivity index (χ0) is 19.9. The van der Waals surface area contributed by atoms with E-state index in [2.05, 4.69) is 104 Å². The highest BCUT2D eigenvalue weighted by molar-refractivity contribution is 5.78. The van der Waals surface area contributed by atoms with Gasteiger partial charge in [0.1, 0.15) is 0 Å². The van der Waals surface area contributed by atoms with Gasteiger partial charge in [0.05, 0.1) is 11.4 Å². The maximum Gasteiger partial charge on any atom is 0.0624 e. The van der Waals surface area contributed by atoms with Crippen molar-refractivity contribution in [3.63, 3.8) is 0 Å². The molecule has 0 saturated carbocycles. The van der Waals surface area contributed by atoms with E-state index in [1.54, 1.807) is 0 Å². The smallest absolute Gasteiger partial charge is 0.0624 e. The van der Waals surface area contributed by atoms with E-state index in [0.717, 1.165) is 17.1 Å². The summed E-state index contributed by atoms with van der Waals surface area (Å²) in [4.78, 5) is 0. The van der Waals surface area contributed by atoms with Crippen LogP contribution in [0.4, 0.5) is 17.1 Å². The normalized spacial score (nSPS) is 13.0. The molecule has 2 aromatic rings. The number of anilines is 3. The molecule has 0 aliphatic carbocycles. The summed E-state index contributed by atoms with van der Waals surface area (Å²) in [5.41, 5.74) is 13.5. The van der Waals surface area contributed by atoms with Crippen molar-refractivity contribution in [1.29, 1.82) is 0 Å². The number of rotatable bonds is 2. The Balaban J connectivity index is 2.64. The fourth-order valence-electron chi connectivity index (χ4n) is 3.20. The molecule has 0 radical (unpaired) electrons. The monoisotopic (exact) mass is 352 g/mol. The van der Waals surface area contributed by atoms with Gasteiger partial charge in [-0.2, -0.15) is 0 Å². The first-order chi connectivity index (χ1) is 11.7. The lowest BCUT2D eigenvalue weighted by atomic mass is 9.79. The number of hydrogen-bond acceptors (Lipinski definition) is 2. The van der Waals surface area contributed by atoms with Crippen LogP contribution in [0.1, 0.15) is 79.0 Å². The molecule has 2 aromatic carbocycles. The van der Waals surface area contributed by atoms with Crippen molar-refractivity contribution in [3.8, 4) is 0 Å². The van der Waals surface area contributed by atoms with Crippen LogP contribution in [-0.2, 0) is 16.2 Å². The highest BCUT2D eigenvalue weighted by atomic mass is 14.9. The van der Waals surface area contributed by atoms with Crippen molar-refractivity contribution in [2.45, 2.75) is 78.6 Å². The molecule has 0 aliphatic rings. The average Bonchev–Trinajstić information content (AvgIpc) is 2.46. The van der Waals surface area contributed by atoms with Gasteiger partial charge in [-0.05, 0) is 45.1 Å². The largest absolute Gasteiger partial charge is 0.397 e. The molecule has 0 aromatic heterocycles. The van der Waals surface area contributed by atoms with E-state index >= 15 is 0 Å². The molecule has 0 bridgehead atoms. The van der Waals surface area contributed by atoms with Crippen molar-refractivity contribution >= 4 is 17.1 Å². The fraction of sp³-hybridized carbons (Fsp3) is 0.500. The molecule has 0 atom stereocenters. The highest BCUT2D eigenvalue weighted by Gasteiger charge is 2.25. The van der Waals surface area contributed by atoms with E-state index in [0.29, 0.717) is 0 Å². The van der Waals surface area contributed by atoms with E-state index in [9.17, 15) is 0 Å². The van der Waals surface area contributed by atoms with Crippen molar-refractivity contribution in [2.24, 2.45) is 0 Å². The molecule has 0 aliphatic heterocycles. The van der Waals surface area contributed by atoms with Gasteiger partial charge in [-0.25, -0.2) is 0 Å². The van der Waals surface area contributed by atoms with Crippen LogP contribution in [0.3, 0.4) is 0 Å². The standard InChI is InChI=1S/C24H36N2/c1-22(2,3)16-14-18(24(7,8)9)21(25)20(15-16)26-19-13-11-10-12-17(19)23(4,5)6/h10-15,26H,25H2,1-9H3. The average molecular weight is 353 g/mol. The summed E-state index contributed by atoms with van der Waals surface area (Å²) >= 11 is 0. The van der Waals surface area contributed by atoms with Gasteiger partial charge < -0.3 is 11.1 Å². The third kappa shape index (κ3) is 4.41. The van der Waals surface area contributed by atoms with Gasteiger partial charge in [-0.15, -0.1) is 0 Å². The predicted octanol–water partition coefficient (Wildman–Crippen LogP) is 6.90. The molecule has 0 amide bonds. The Hall–Kier alpha value is -1.96. The summed E-state index contributed by atoms with van der Waals surface area (Å²) in [5.74, 6) is 0. The van der Waals surface area contributed by atoms with Crippen molar-refractivity contribution in [3.05, 3.63) is 53.1 Å². The van der Waals surface area contributed by atoms with Crippen molar-refractivity contribution in [1.82, 2.24) is 0 Å². The van der Waals surface area contributed by atoms with E-state index in [1.165, 1.54) is 16.7 Å². The Morgan fingerprint density at radius 2 is 1.19 bits per heavy atom. The summed E-state index contributed by atoms with van der Waals surface area (Å²) in [6.45, 7) is 20.1. The van der Waals surface area contributed by atoms with Crippen LogP contribution in [-0.4, -0.2) is 0 Å². The van der Waals surface area contributed by atoms with Crippen molar-refractivity contribution in [2.75, 3.05) is 11.1 Å². The fourth-order valence-corrected chi connectivity index (χ4v) is 3.20. The summed E-state index contributed by atoms with van der Waals surface area (Å²) in [5, 5.41) is 3.65. The van der Waals surface area contributed by atoms with Crippen LogP contribution in [0.15, 0.2) is 36.4 Å². The minimum atomic E-state index is -0.00861. The van der Waals surface area contributed by atoms with Crippen LogP contribution in [0.25, 0.3) is 0 Å². The second-order valence-electron chi connectivity index (χ2n) is 10.4. The van der Waals surface area contributed by atoms with Gasteiger partial charge in [0, 0.05) is 5.69 Å². The van der Waals surface area contributed by atoms with Gasteiger partial charge in [0.15, 0.2) is 0 Å². The van der Waals surface area contributed by atoms with Crippen LogP contribution >= 0.6 is 0 Å². The first-order valence-corrected chi connectivity index (χ1v) is 9.52. The molecule has 142 valence electrons. The lowest BCUT2D eigenvalue weighted by molar-refractivity contribution is 0.570. The molecule has 0 saturated heterocycles. The maximum absolute atomic E-state index is 6.63. The molecule has 2 rings (SSSR count). The Morgan fingerprint density at radius 3 is 1.69 bits per heavy atom. The highest BCUT2D eigenvalue weighted by Crippen LogP contribution is 2.40. The molecule has 0 fully saturated rings. The molecule has 0 heterocycles. The molecule has 0 spiro atoms. The third-order valence-corrected chi connectivity index (χ3v) is 4.86. The zero-order valence-electron chi connectivity index (χ0n) is 18.0. The van der Waals surface area contributed by atoms with Gasteiger partial charge in [0.2, 0.25) is 0 Å². The molecular formula is C24H36N2. The number of benzene rings is 2. The number of nitrogens with two attached hydrogens (primary N) is 1. The van der Waals surface area contributed by atoms with Gasteiger partial charge >= 0.3 is 0 Å². The first kappa shape index (κ1) is 20.4. The Morgan fingerprint density at radius 1 is 0.654 bits per heavy atom. The molecular weight excluding hydrogens is 316 g/mol. The van der Waals surface area contributed by atoms with Crippen LogP contribution in [0, 0.1) is 0 Å². The Labute approximate surface area is 160 Å². The minimum absolute atomic E-state index is 0.00861. The number of nitrogen functional groups attached to an aromatic ring is 1. The Kier molecular flexibility index (Phi) is 5.20. The van der Waals surface area contributed by atoms with Gasteiger partial charge in [0.25, 0.3) is 0 Å². The maximum atomic E-state index is 6.63. The van der Waals surface area contributed by atoms with E-state index in [1.807, 2.05) is 0 Å². The number of nitrogens with one attached hydrogen (secondary N) is 1. The molecule has 2 heteroatoms. The van der Waals surface area contributed by atoms with Crippen LogP contribution < -0.4 is 11.1 Å². The lowest BCUT2D eigenvalue weighted by Gasteiger charge is -2.29. The molecule has 3 N–H and O–H groups in total. The van der Waals surface area contributed by atoms with E-state index in [-0.39, 0.29) is 16.2 Å². The lowest BCUT2D eigenvalue weighted by Crippen LogP contribution is -2.20. The quantitative estimate of drug-likeness (QED) is 0.577. The summed E-state index contributed by atoms with van der Waals surface area (Å²) in [6, 6.07) is 13.0. The topological polar surface area (TPSA) is 38.0 Å². The SMILES string of the molecule is CC(C)(C)c1cc(Nc2ccccc2C(C)(C)C)c(N)c(C(C)(C)C)c1. The summed E-state index contributed by atoms with van der Waals surface area (Å²) in [7, 11) is 0. The predicted molar refractivity (Wildman–Crippen MR) is 117 cm³/mol. The van der Waals surface area contributed by atoms with Gasteiger partial charge in [-0.1, -0.05) is 86.6 Å².